The molecule has 3 atom stereocenters. The molecule has 0 saturated carbocycles. The van der Waals surface area contributed by atoms with E-state index in [4.69, 9.17) is 9.15 Å². The molecule has 1 aliphatic rings. The van der Waals surface area contributed by atoms with Gasteiger partial charge in [0.15, 0.2) is 0 Å². The predicted molar refractivity (Wildman–Crippen MR) is 66.3 cm³/mol. The van der Waals surface area contributed by atoms with Gasteiger partial charge in [0.25, 0.3) is 0 Å². The van der Waals surface area contributed by atoms with Crippen molar-refractivity contribution in [3.05, 3.63) is 22.6 Å². The Morgan fingerprint density at radius 3 is 2.88 bits per heavy atom. The van der Waals surface area contributed by atoms with Gasteiger partial charge >= 0.3 is 0 Å². The van der Waals surface area contributed by atoms with Crippen molar-refractivity contribution in [2.45, 2.75) is 32.4 Å². The molecule has 1 N–H and O–H groups in total. The van der Waals surface area contributed by atoms with Gasteiger partial charge in [-0.3, -0.25) is 0 Å². The minimum atomic E-state index is 0.222. The maximum Gasteiger partial charge on any atom is 0.134 e. The van der Waals surface area contributed by atoms with E-state index in [-0.39, 0.29) is 6.04 Å². The van der Waals surface area contributed by atoms with Crippen LogP contribution in [0.15, 0.2) is 21.2 Å². The Kier molecular flexibility index (Phi) is 4.05. The monoisotopic (exact) mass is 287 g/mol. The zero-order chi connectivity index (χ0) is 11.5. The molecular formula is C12H18BrNO2. The van der Waals surface area contributed by atoms with E-state index in [0.717, 1.165) is 29.9 Å². The second-order valence-electron chi connectivity index (χ2n) is 4.43. The van der Waals surface area contributed by atoms with E-state index in [1.54, 1.807) is 6.26 Å². The van der Waals surface area contributed by atoms with Gasteiger partial charge in [0.1, 0.15) is 5.76 Å². The molecule has 1 aromatic heterocycles. The zero-order valence-corrected chi connectivity index (χ0v) is 11.3. The van der Waals surface area contributed by atoms with Crippen LogP contribution in [0.3, 0.4) is 0 Å². The summed E-state index contributed by atoms with van der Waals surface area (Å²) in [6, 6.07) is 2.60. The molecule has 3 nitrogen and oxygen atoms in total. The molecule has 0 radical (unpaired) electrons. The molecule has 0 amide bonds. The van der Waals surface area contributed by atoms with E-state index in [2.05, 4.69) is 35.1 Å². The largest absolute Gasteiger partial charge is 0.466 e. The third-order valence-electron chi connectivity index (χ3n) is 3.22. The van der Waals surface area contributed by atoms with Crippen molar-refractivity contribution in [3.8, 4) is 0 Å². The lowest BCUT2D eigenvalue weighted by atomic mass is 10.00. The van der Waals surface area contributed by atoms with Gasteiger partial charge < -0.3 is 14.5 Å². The van der Waals surface area contributed by atoms with Gasteiger partial charge in [0.2, 0.25) is 0 Å². The molecular weight excluding hydrogens is 270 g/mol. The standard InChI is InChI=1S/C12H18BrNO2/c1-8(10-3-5-15-7-10)14-9(2)12-11(13)4-6-16-12/h4,6,8-10,14H,3,5,7H2,1-2H3. The molecule has 1 saturated heterocycles. The molecule has 90 valence electrons. The van der Waals surface area contributed by atoms with Crippen molar-refractivity contribution in [1.82, 2.24) is 5.32 Å². The van der Waals surface area contributed by atoms with Crippen LogP contribution >= 0.6 is 15.9 Å². The van der Waals surface area contributed by atoms with Gasteiger partial charge in [-0.1, -0.05) is 0 Å². The van der Waals surface area contributed by atoms with Crippen LogP contribution in [0.25, 0.3) is 0 Å². The summed E-state index contributed by atoms with van der Waals surface area (Å²) < 4.78 is 11.9. The number of rotatable bonds is 4. The van der Waals surface area contributed by atoms with Crippen LogP contribution in [0.4, 0.5) is 0 Å². The molecule has 3 unspecified atom stereocenters. The van der Waals surface area contributed by atoms with Gasteiger partial charge in [-0.05, 0) is 48.2 Å². The van der Waals surface area contributed by atoms with E-state index >= 15 is 0 Å². The first-order chi connectivity index (χ1) is 7.68. The topological polar surface area (TPSA) is 34.4 Å². The van der Waals surface area contributed by atoms with Gasteiger partial charge in [0.05, 0.1) is 23.4 Å². The number of nitrogens with one attached hydrogen (secondary N) is 1. The van der Waals surface area contributed by atoms with E-state index < -0.39 is 0 Å². The summed E-state index contributed by atoms with van der Waals surface area (Å²) in [6.07, 6.45) is 2.86. The van der Waals surface area contributed by atoms with Gasteiger partial charge in [-0.15, -0.1) is 0 Å². The lowest BCUT2D eigenvalue weighted by molar-refractivity contribution is 0.176. The van der Waals surface area contributed by atoms with E-state index in [1.165, 1.54) is 0 Å². The molecule has 0 aliphatic carbocycles. The number of hydrogen-bond donors (Lipinski definition) is 1. The Balaban J connectivity index is 1.91. The van der Waals surface area contributed by atoms with Gasteiger partial charge in [-0.25, -0.2) is 0 Å². The van der Waals surface area contributed by atoms with Crippen molar-refractivity contribution >= 4 is 15.9 Å². The summed E-state index contributed by atoms with van der Waals surface area (Å²) in [4.78, 5) is 0. The normalized spacial score (nSPS) is 24.6. The first-order valence-corrected chi connectivity index (χ1v) is 6.54. The van der Waals surface area contributed by atoms with Crippen molar-refractivity contribution in [3.63, 3.8) is 0 Å². The number of ether oxygens (including phenoxy) is 1. The summed E-state index contributed by atoms with van der Waals surface area (Å²) in [7, 11) is 0. The zero-order valence-electron chi connectivity index (χ0n) is 9.70. The van der Waals surface area contributed by atoms with Gasteiger partial charge in [0, 0.05) is 12.6 Å². The highest BCUT2D eigenvalue weighted by Crippen LogP contribution is 2.26. The third-order valence-corrected chi connectivity index (χ3v) is 3.88. The van der Waals surface area contributed by atoms with Crippen molar-refractivity contribution < 1.29 is 9.15 Å². The Morgan fingerprint density at radius 1 is 1.50 bits per heavy atom. The first kappa shape index (κ1) is 12.1. The fourth-order valence-corrected chi connectivity index (χ4v) is 2.71. The summed E-state index contributed by atoms with van der Waals surface area (Å²) in [6.45, 7) is 6.11. The SMILES string of the molecule is CC(NC(C)C1CCOC1)c1occc1Br. The Morgan fingerprint density at radius 2 is 2.31 bits per heavy atom. The van der Waals surface area contributed by atoms with E-state index in [1.807, 2.05) is 6.07 Å². The Hall–Kier alpha value is -0.320. The third kappa shape index (κ3) is 2.67. The molecule has 2 rings (SSSR count). The molecule has 2 heterocycles. The highest BCUT2D eigenvalue weighted by Gasteiger charge is 2.24. The lowest BCUT2D eigenvalue weighted by Crippen LogP contribution is -2.35. The first-order valence-electron chi connectivity index (χ1n) is 5.75. The highest BCUT2D eigenvalue weighted by atomic mass is 79.9. The highest BCUT2D eigenvalue weighted by molar-refractivity contribution is 9.10. The minimum absolute atomic E-state index is 0.222. The predicted octanol–water partition coefficient (Wildman–Crippen LogP) is 3.12. The molecule has 0 aromatic carbocycles. The Bertz CT molecular complexity index is 334. The summed E-state index contributed by atoms with van der Waals surface area (Å²) in [5, 5.41) is 3.56. The average molecular weight is 288 g/mol. The van der Waals surface area contributed by atoms with E-state index in [9.17, 15) is 0 Å². The molecule has 1 aromatic rings. The van der Waals surface area contributed by atoms with Crippen LogP contribution in [0.2, 0.25) is 0 Å². The fraction of sp³-hybridized carbons (Fsp3) is 0.667. The maximum atomic E-state index is 5.45. The molecule has 0 bridgehead atoms. The van der Waals surface area contributed by atoms with Crippen LogP contribution < -0.4 is 5.32 Å². The second-order valence-corrected chi connectivity index (χ2v) is 5.29. The van der Waals surface area contributed by atoms with Crippen LogP contribution in [0, 0.1) is 5.92 Å². The smallest absolute Gasteiger partial charge is 0.134 e. The molecule has 0 spiro atoms. The van der Waals surface area contributed by atoms with E-state index in [0.29, 0.717) is 12.0 Å². The minimum Gasteiger partial charge on any atom is -0.466 e. The number of hydrogen-bond acceptors (Lipinski definition) is 3. The van der Waals surface area contributed by atoms with Crippen LogP contribution in [-0.2, 0) is 4.74 Å². The van der Waals surface area contributed by atoms with Crippen LogP contribution in [-0.4, -0.2) is 19.3 Å². The second kappa shape index (κ2) is 5.34. The maximum absolute atomic E-state index is 5.45. The van der Waals surface area contributed by atoms with Crippen molar-refractivity contribution in [2.24, 2.45) is 5.92 Å². The number of furan rings is 1. The van der Waals surface area contributed by atoms with Crippen molar-refractivity contribution in [1.29, 1.82) is 0 Å². The molecule has 1 aliphatic heterocycles. The quantitative estimate of drug-likeness (QED) is 0.924. The summed E-state index contributed by atoms with van der Waals surface area (Å²) >= 11 is 3.48. The lowest BCUT2D eigenvalue weighted by Gasteiger charge is -2.23. The number of halogens is 1. The summed E-state index contributed by atoms with van der Waals surface area (Å²) in [5.74, 6) is 1.59. The van der Waals surface area contributed by atoms with Crippen molar-refractivity contribution in [2.75, 3.05) is 13.2 Å². The van der Waals surface area contributed by atoms with Gasteiger partial charge in [-0.2, -0.15) is 0 Å². The average Bonchev–Trinajstić information content (AvgIpc) is 2.86. The van der Waals surface area contributed by atoms with Crippen LogP contribution in [0.1, 0.15) is 32.1 Å². The Labute approximate surface area is 105 Å². The fourth-order valence-electron chi connectivity index (χ4n) is 2.17. The molecule has 4 heteroatoms. The van der Waals surface area contributed by atoms with Crippen LogP contribution in [0.5, 0.6) is 0 Å². The summed E-state index contributed by atoms with van der Waals surface area (Å²) in [5.41, 5.74) is 0. The molecule has 1 fully saturated rings. The molecule has 16 heavy (non-hydrogen) atoms.